The molecule has 4 aliphatic rings. The van der Waals surface area contributed by atoms with Gasteiger partial charge in [0.1, 0.15) is 12.2 Å². The summed E-state index contributed by atoms with van der Waals surface area (Å²) in [5.74, 6) is 0.407. The molecule has 0 aliphatic heterocycles. The fourth-order valence-electron chi connectivity index (χ4n) is 9.64. The Morgan fingerprint density at radius 3 is 1.83 bits per heavy atom. The van der Waals surface area contributed by atoms with E-state index < -0.39 is 60.8 Å². The average Bonchev–Trinajstić information content (AvgIpc) is 3.08. The molecule has 0 aromatic rings. The second kappa shape index (κ2) is 16.6. The molecule has 3 fully saturated rings. The Morgan fingerprint density at radius 1 is 0.783 bits per heavy atom. The van der Waals surface area contributed by atoms with Crippen LogP contribution < -0.4 is 88.7 Å². The molecular formula is C28H45Na3O12S3. The predicted molar refractivity (Wildman–Crippen MR) is 152 cm³/mol. The first kappa shape index (κ1) is 46.4. The van der Waals surface area contributed by atoms with Gasteiger partial charge < -0.3 is 13.7 Å². The maximum absolute atomic E-state index is 11.9. The molecule has 3 saturated carbocycles. The van der Waals surface area contributed by atoms with Gasteiger partial charge in [-0.1, -0.05) is 72.5 Å². The molecule has 0 N–H and O–H groups in total. The van der Waals surface area contributed by atoms with Gasteiger partial charge in [0.2, 0.25) is 31.2 Å². The van der Waals surface area contributed by atoms with Crippen LogP contribution in [0.4, 0.5) is 0 Å². The number of allylic oxidation sites excluding steroid dienone is 2. The molecule has 0 heterocycles. The smallest absolute Gasteiger partial charge is 0.726 e. The van der Waals surface area contributed by atoms with Crippen LogP contribution in [0, 0.1) is 45.8 Å². The van der Waals surface area contributed by atoms with Crippen LogP contribution in [0.2, 0.25) is 0 Å². The van der Waals surface area contributed by atoms with E-state index in [0.29, 0.717) is 17.8 Å². The molecule has 0 amide bonds. The van der Waals surface area contributed by atoms with Gasteiger partial charge in [0.25, 0.3) is 0 Å². The van der Waals surface area contributed by atoms with Gasteiger partial charge in [-0.3, -0.25) is 12.5 Å². The van der Waals surface area contributed by atoms with Gasteiger partial charge in [-0.15, -0.1) is 0 Å². The fourth-order valence-corrected chi connectivity index (χ4v) is 11.2. The molecule has 10 atom stereocenters. The molecule has 46 heavy (non-hydrogen) atoms. The second-order valence-corrected chi connectivity index (χ2v) is 17.6. The van der Waals surface area contributed by atoms with E-state index in [1.807, 2.05) is 0 Å². The van der Waals surface area contributed by atoms with Gasteiger partial charge >= 0.3 is 88.7 Å². The van der Waals surface area contributed by atoms with Crippen LogP contribution in [0.3, 0.4) is 0 Å². The number of fused-ring (bicyclic) bond motifs is 5. The van der Waals surface area contributed by atoms with Gasteiger partial charge in [0.15, 0.2) is 0 Å². The molecule has 250 valence electrons. The second-order valence-electron chi connectivity index (χ2n) is 14.5. The molecule has 12 nitrogen and oxygen atoms in total. The van der Waals surface area contributed by atoms with Gasteiger partial charge in [0.05, 0.1) is 6.10 Å². The van der Waals surface area contributed by atoms with Crippen molar-refractivity contribution in [3.8, 4) is 0 Å². The fraction of sp³-hybridized carbons (Fsp3) is 0.929. The standard InChI is InChI=1S/C28H48O12S3.3Na/c1-17(2)8-7-9-18(3)19-10-12-28(6)21-14-23(38-41(29,30)31)22-15-24(39-42(32,33)34)25(40-43(35,36)37)16-26(22,4)20(21)11-13-27(19,28)5;;;/h11,17-19,21-25H,7-10,12-16H2,1-6H3,(H,29,30,31)(H,32,33,34)(H,35,36,37);;;/q;3*+1/p-3/t18-,19-,21-,22-,23+,24+,25+,26-,27-,28+;;;/m1.../s1. The number of hydrogen-bond donors (Lipinski definition) is 0. The molecule has 0 aromatic carbocycles. The van der Waals surface area contributed by atoms with Crippen molar-refractivity contribution < 1.29 is 140 Å². The summed E-state index contributed by atoms with van der Waals surface area (Å²) in [6.07, 6.45) is 3.08. The molecular weight excluding hydrogens is 693 g/mol. The zero-order chi connectivity index (χ0) is 32.4. The molecule has 0 spiro atoms. The minimum Gasteiger partial charge on any atom is -0.726 e. The van der Waals surface area contributed by atoms with E-state index in [-0.39, 0.29) is 125 Å². The Labute approximate surface area is 342 Å². The maximum Gasteiger partial charge on any atom is 1.00 e. The zero-order valence-corrected chi connectivity index (χ0v) is 37.1. The van der Waals surface area contributed by atoms with Crippen molar-refractivity contribution in [1.82, 2.24) is 0 Å². The first-order valence-corrected chi connectivity index (χ1v) is 19.1. The van der Waals surface area contributed by atoms with Crippen molar-refractivity contribution in [2.45, 2.75) is 118 Å². The Kier molecular flexibility index (Phi) is 16.7. The zero-order valence-electron chi connectivity index (χ0n) is 28.7. The topological polar surface area (TPSA) is 199 Å². The van der Waals surface area contributed by atoms with E-state index in [9.17, 15) is 38.9 Å². The predicted octanol–water partition coefficient (Wildman–Crippen LogP) is -4.81. The van der Waals surface area contributed by atoms with Crippen LogP contribution in [-0.2, 0) is 43.7 Å². The molecule has 0 saturated heterocycles. The van der Waals surface area contributed by atoms with Gasteiger partial charge in [-0.25, -0.2) is 25.3 Å². The first-order valence-electron chi connectivity index (χ1n) is 15.1. The summed E-state index contributed by atoms with van der Waals surface area (Å²) in [6.45, 7) is 13.0. The summed E-state index contributed by atoms with van der Waals surface area (Å²) in [5.41, 5.74) is -0.587. The van der Waals surface area contributed by atoms with E-state index in [1.54, 1.807) is 6.92 Å². The van der Waals surface area contributed by atoms with Gasteiger partial charge in [-0.2, -0.15) is 0 Å². The summed E-state index contributed by atoms with van der Waals surface area (Å²) in [5, 5.41) is 0. The van der Waals surface area contributed by atoms with Crippen LogP contribution in [0.15, 0.2) is 11.6 Å². The normalized spacial score (nSPS) is 38.2. The third kappa shape index (κ3) is 10.1. The molecule has 4 aliphatic carbocycles. The van der Waals surface area contributed by atoms with Crippen LogP contribution in [-0.4, -0.2) is 57.2 Å². The summed E-state index contributed by atoms with van der Waals surface area (Å²) in [6, 6.07) is 0. The number of hydrogen-bond acceptors (Lipinski definition) is 12. The molecule has 0 bridgehead atoms. The van der Waals surface area contributed by atoms with E-state index in [0.717, 1.165) is 44.1 Å². The summed E-state index contributed by atoms with van der Waals surface area (Å²) < 4.78 is 120. The van der Waals surface area contributed by atoms with Crippen molar-refractivity contribution >= 4 is 31.2 Å². The van der Waals surface area contributed by atoms with E-state index >= 15 is 0 Å². The van der Waals surface area contributed by atoms with Gasteiger partial charge in [-0.05, 0) is 84.4 Å². The van der Waals surface area contributed by atoms with Crippen LogP contribution >= 0.6 is 0 Å². The van der Waals surface area contributed by atoms with Crippen molar-refractivity contribution in [3.05, 3.63) is 11.6 Å². The third-order valence-corrected chi connectivity index (χ3v) is 13.2. The minimum atomic E-state index is -5.36. The number of rotatable bonds is 11. The molecule has 0 unspecified atom stereocenters. The Bertz CT molecular complexity index is 1420. The van der Waals surface area contributed by atoms with Gasteiger partial charge in [0, 0.05) is 0 Å². The van der Waals surface area contributed by atoms with Crippen molar-refractivity contribution in [2.75, 3.05) is 0 Å². The first-order chi connectivity index (χ1) is 19.5. The maximum atomic E-state index is 11.9. The summed E-state index contributed by atoms with van der Waals surface area (Å²) in [7, 11) is -15.9. The van der Waals surface area contributed by atoms with Crippen LogP contribution in [0.1, 0.15) is 99.3 Å². The summed E-state index contributed by atoms with van der Waals surface area (Å²) in [4.78, 5) is 0. The van der Waals surface area contributed by atoms with Crippen LogP contribution in [0.25, 0.3) is 0 Å². The minimum absolute atomic E-state index is 0. The average molecular weight is 739 g/mol. The van der Waals surface area contributed by atoms with E-state index in [2.05, 4.69) is 44.9 Å². The van der Waals surface area contributed by atoms with Crippen LogP contribution in [0.5, 0.6) is 0 Å². The van der Waals surface area contributed by atoms with Crippen molar-refractivity contribution in [1.29, 1.82) is 0 Å². The van der Waals surface area contributed by atoms with Crippen molar-refractivity contribution in [2.24, 2.45) is 45.8 Å². The molecule has 0 aromatic heterocycles. The van der Waals surface area contributed by atoms with Crippen molar-refractivity contribution in [3.63, 3.8) is 0 Å². The molecule has 18 heteroatoms. The molecule has 0 radical (unpaired) electrons. The van der Waals surface area contributed by atoms with E-state index in [4.69, 9.17) is 8.37 Å². The van der Waals surface area contributed by atoms with E-state index in [1.165, 1.54) is 0 Å². The SMILES string of the molecule is CC(C)CCC[C@@H](C)[C@H]1CC[C@@]2(C)[C@@H]3C[C@H](OS(=O)(=O)[O-])[C@H]4C[C@H](OS(=O)(=O)[O-])[C@@H](OS(=O)(=O)[O-])C[C@]4(C)C3=CC[C@]12C.[Na+].[Na+].[Na+]. The quantitative estimate of drug-likeness (QED) is 0.0850. The molecule has 4 rings (SSSR count). The monoisotopic (exact) mass is 738 g/mol. The third-order valence-electron chi connectivity index (χ3n) is 11.8. The largest absolute Gasteiger partial charge is 1.00 e. The Morgan fingerprint density at radius 2 is 1.30 bits per heavy atom. The Hall–Kier alpha value is 2.35. The summed E-state index contributed by atoms with van der Waals surface area (Å²) >= 11 is 0. The Balaban J connectivity index is 0.00000353.